The minimum Gasteiger partial charge on any atom is -0.462 e. The van der Waals surface area contributed by atoms with Gasteiger partial charge < -0.3 is 9.30 Å². The molecule has 1 heterocycles. The molecule has 0 aliphatic carbocycles. The summed E-state index contributed by atoms with van der Waals surface area (Å²) in [5.41, 5.74) is 0.837. The van der Waals surface area contributed by atoms with Gasteiger partial charge in [-0.3, -0.25) is 0 Å². The molecule has 0 saturated heterocycles. The van der Waals surface area contributed by atoms with Gasteiger partial charge in [0.05, 0.1) is 6.61 Å². The van der Waals surface area contributed by atoms with E-state index in [1.807, 2.05) is 36.0 Å². The molecular formula is C18H16ClN3O2S. The molecule has 0 unspecified atom stereocenters. The number of thioether (sulfide) groups is 1. The first kappa shape index (κ1) is 18.8. The lowest BCUT2D eigenvalue weighted by molar-refractivity contribution is -0.138. The maximum Gasteiger partial charge on any atom is 0.348 e. The summed E-state index contributed by atoms with van der Waals surface area (Å²) in [6, 6.07) is 9.17. The second-order valence-corrected chi connectivity index (χ2v) is 6.32. The molecule has 0 fully saturated rings. The van der Waals surface area contributed by atoms with Gasteiger partial charge in [-0.05, 0) is 36.8 Å². The van der Waals surface area contributed by atoms with Crippen molar-refractivity contribution in [1.29, 1.82) is 5.26 Å². The Morgan fingerprint density at radius 2 is 2.12 bits per heavy atom. The van der Waals surface area contributed by atoms with Gasteiger partial charge in [-0.15, -0.1) is 0 Å². The van der Waals surface area contributed by atoms with Gasteiger partial charge >= 0.3 is 5.97 Å². The van der Waals surface area contributed by atoms with Gasteiger partial charge in [0.15, 0.2) is 5.16 Å². The van der Waals surface area contributed by atoms with Gasteiger partial charge in [0.1, 0.15) is 11.6 Å². The molecule has 0 aliphatic heterocycles. The Hall–Kier alpha value is -2.49. The number of rotatable bonds is 6. The van der Waals surface area contributed by atoms with Crippen molar-refractivity contribution in [2.45, 2.75) is 12.1 Å². The van der Waals surface area contributed by atoms with Crippen LogP contribution in [0, 0.1) is 11.3 Å². The van der Waals surface area contributed by atoms with Crippen molar-refractivity contribution in [2.75, 3.05) is 6.61 Å². The summed E-state index contributed by atoms with van der Waals surface area (Å²) in [6.07, 6.45) is 6.71. The van der Waals surface area contributed by atoms with Crippen molar-refractivity contribution < 1.29 is 9.53 Å². The van der Waals surface area contributed by atoms with E-state index in [4.69, 9.17) is 21.6 Å². The summed E-state index contributed by atoms with van der Waals surface area (Å²) in [6.45, 7) is 1.91. The molecule has 0 N–H and O–H groups in total. The number of nitrogens with zero attached hydrogens (tertiary/aromatic N) is 3. The fourth-order valence-corrected chi connectivity index (χ4v) is 2.90. The first-order chi connectivity index (χ1) is 12.0. The third-order valence-electron chi connectivity index (χ3n) is 3.12. The van der Waals surface area contributed by atoms with Gasteiger partial charge in [-0.25, -0.2) is 9.78 Å². The Bertz CT molecular complexity index is 848. The number of esters is 1. The number of carbonyl (C=O) groups excluding carboxylic acids is 1. The summed E-state index contributed by atoms with van der Waals surface area (Å²) >= 11 is 7.37. The highest BCUT2D eigenvalue weighted by molar-refractivity contribution is 8.08. The largest absolute Gasteiger partial charge is 0.462 e. The van der Waals surface area contributed by atoms with Crippen LogP contribution in [0.4, 0.5) is 0 Å². The van der Waals surface area contributed by atoms with Crippen LogP contribution < -0.4 is 0 Å². The Labute approximate surface area is 155 Å². The second kappa shape index (κ2) is 9.11. The lowest BCUT2D eigenvalue weighted by Gasteiger charge is -2.07. The predicted molar refractivity (Wildman–Crippen MR) is 98.8 cm³/mol. The van der Waals surface area contributed by atoms with Crippen molar-refractivity contribution in [2.24, 2.45) is 7.05 Å². The Kier molecular flexibility index (Phi) is 6.87. The van der Waals surface area contributed by atoms with Crippen molar-refractivity contribution in [3.8, 4) is 6.07 Å². The monoisotopic (exact) mass is 373 g/mol. The minimum atomic E-state index is -0.640. The average Bonchev–Trinajstić information content (AvgIpc) is 3.00. The highest BCUT2D eigenvalue weighted by Gasteiger charge is 2.11. The van der Waals surface area contributed by atoms with Crippen LogP contribution in [-0.2, 0) is 16.6 Å². The van der Waals surface area contributed by atoms with E-state index in [9.17, 15) is 4.79 Å². The van der Waals surface area contributed by atoms with Crippen molar-refractivity contribution in [3.63, 3.8) is 0 Å². The number of benzene rings is 1. The van der Waals surface area contributed by atoms with Gasteiger partial charge in [-0.2, -0.15) is 5.26 Å². The topological polar surface area (TPSA) is 67.9 Å². The standard InChI is InChI=1S/C18H16ClN3O2S/c1-3-24-17(23)14(12-20)6-9-16(13-4-7-15(19)8-5-13)25-18-21-10-11-22(18)2/h4-11H,3H2,1-2H3/b14-6+,16-9-. The lowest BCUT2D eigenvalue weighted by atomic mass is 10.2. The number of halogens is 1. The first-order valence-corrected chi connectivity index (χ1v) is 8.65. The molecule has 0 aliphatic rings. The van der Waals surface area contributed by atoms with E-state index in [2.05, 4.69) is 4.98 Å². The minimum absolute atomic E-state index is 0.0613. The first-order valence-electron chi connectivity index (χ1n) is 7.45. The lowest BCUT2D eigenvalue weighted by Crippen LogP contribution is -2.05. The molecule has 0 bridgehead atoms. The van der Waals surface area contributed by atoms with Crippen LogP contribution >= 0.6 is 23.4 Å². The van der Waals surface area contributed by atoms with Crippen molar-refractivity contribution in [1.82, 2.24) is 9.55 Å². The predicted octanol–water partition coefficient (Wildman–Crippen LogP) is 4.22. The van der Waals surface area contributed by atoms with Crippen LogP contribution in [0.3, 0.4) is 0 Å². The molecule has 2 rings (SSSR count). The fourth-order valence-electron chi connectivity index (χ4n) is 1.87. The Morgan fingerprint density at radius 3 is 2.68 bits per heavy atom. The van der Waals surface area contributed by atoms with E-state index in [1.54, 1.807) is 31.3 Å². The summed E-state index contributed by atoms with van der Waals surface area (Å²) in [5.74, 6) is -0.640. The number of carbonyl (C=O) groups is 1. The summed E-state index contributed by atoms with van der Waals surface area (Å²) in [5, 5.41) is 10.6. The van der Waals surface area contributed by atoms with Gasteiger partial charge in [0.25, 0.3) is 0 Å². The number of imidazole rings is 1. The maximum atomic E-state index is 11.8. The molecule has 1 aromatic heterocycles. The zero-order valence-corrected chi connectivity index (χ0v) is 15.3. The van der Waals surface area contributed by atoms with E-state index in [-0.39, 0.29) is 12.2 Å². The Morgan fingerprint density at radius 1 is 1.40 bits per heavy atom. The summed E-state index contributed by atoms with van der Waals surface area (Å²) < 4.78 is 6.76. The van der Waals surface area contributed by atoms with Crippen LogP contribution in [-0.4, -0.2) is 22.1 Å². The zero-order valence-electron chi connectivity index (χ0n) is 13.8. The molecule has 1 aromatic carbocycles. The third-order valence-corrected chi connectivity index (χ3v) is 4.54. The Balaban J connectivity index is 2.39. The molecule has 0 spiro atoms. The van der Waals surface area contributed by atoms with Crippen LogP contribution in [0.15, 0.2) is 59.5 Å². The highest BCUT2D eigenvalue weighted by atomic mass is 35.5. The number of hydrogen-bond acceptors (Lipinski definition) is 5. The van der Waals surface area contributed by atoms with Crippen LogP contribution in [0.5, 0.6) is 0 Å². The third kappa shape index (κ3) is 5.24. The van der Waals surface area contributed by atoms with Crippen molar-refractivity contribution >= 4 is 34.2 Å². The van der Waals surface area contributed by atoms with Crippen LogP contribution in [0.25, 0.3) is 4.91 Å². The molecule has 5 nitrogen and oxygen atoms in total. The SMILES string of the molecule is CCOC(=O)/C(C#N)=C/C=C(\Sc1nccn1C)c1ccc(Cl)cc1. The van der Waals surface area contributed by atoms with E-state index in [0.29, 0.717) is 5.02 Å². The van der Waals surface area contributed by atoms with E-state index >= 15 is 0 Å². The van der Waals surface area contributed by atoms with Crippen LogP contribution in [0.1, 0.15) is 12.5 Å². The molecule has 25 heavy (non-hydrogen) atoms. The molecule has 0 saturated carbocycles. The number of allylic oxidation sites excluding steroid dienone is 2. The van der Waals surface area contributed by atoms with Gasteiger partial charge in [-0.1, -0.05) is 35.5 Å². The molecule has 0 amide bonds. The number of aryl methyl sites for hydroxylation is 1. The van der Waals surface area contributed by atoms with Crippen LogP contribution in [0.2, 0.25) is 5.02 Å². The van der Waals surface area contributed by atoms with E-state index in [0.717, 1.165) is 15.6 Å². The number of nitriles is 1. The molecule has 2 aromatic rings. The molecule has 7 heteroatoms. The van der Waals surface area contributed by atoms with Gasteiger partial charge in [0, 0.05) is 29.4 Å². The number of hydrogen-bond donors (Lipinski definition) is 0. The summed E-state index contributed by atoms with van der Waals surface area (Å²) in [4.78, 5) is 16.9. The second-order valence-electron chi connectivity index (χ2n) is 4.87. The molecule has 0 atom stereocenters. The normalized spacial score (nSPS) is 11.9. The fraction of sp³-hybridized carbons (Fsp3) is 0.167. The van der Waals surface area contributed by atoms with E-state index in [1.165, 1.54) is 17.8 Å². The molecular weight excluding hydrogens is 358 g/mol. The molecule has 0 radical (unpaired) electrons. The molecule has 128 valence electrons. The highest BCUT2D eigenvalue weighted by Crippen LogP contribution is 2.33. The zero-order chi connectivity index (χ0) is 18.2. The quantitative estimate of drug-likeness (QED) is 0.249. The maximum absolute atomic E-state index is 11.8. The van der Waals surface area contributed by atoms with E-state index < -0.39 is 5.97 Å². The van der Waals surface area contributed by atoms with Crippen molar-refractivity contribution in [3.05, 3.63) is 65.0 Å². The number of ether oxygens (including phenoxy) is 1. The summed E-state index contributed by atoms with van der Waals surface area (Å²) in [7, 11) is 1.89. The smallest absolute Gasteiger partial charge is 0.348 e. The van der Waals surface area contributed by atoms with Gasteiger partial charge in [0.2, 0.25) is 0 Å². The number of aromatic nitrogens is 2. The average molecular weight is 374 g/mol.